The van der Waals surface area contributed by atoms with E-state index in [1.807, 2.05) is 23.5 Å². The fourth-order valence-corrected chi connectivity index (χ4v) is 3.70. The first-order valence-electron chi connectivity index (χ1n) is 7.58. The predicted octanol–water partition coefficient (Wildman–Crippen LogP) is 4.76. The molecule has 1 N–H and O–H groups in total. The van der Waals surface area contributed by atoms with E-state index in [4.69, 9.17) is 16.6 Å². The minimum Gasteiger partial charge on any atom is -0.309 e. The average Bonchev–Trinajstić information content (AvgIpc) is 3.19. The summed E-state index contributed by atoms with van der Waals surface area (Å²) in [6, 6.07) is 8.81. The van der Waals surface area contributed by atoms with Crippen LogP contribution in [0.5, 0.6) is 0 Å². The summed E-state index contributed by atoms with van der Waals surface area (Å²) in [5, 5.41) is 5.60. The van der Waals surface area contributed by atoms with Gasteiger partial charge < -0.3 is 5.32 Å². The fourth-order valence-electron chi connectivity index (χ4n) is 2.37. The Labute approximate surface area is 135 Å². The lowest BCUT2D eigenvalue weighted by atomic mass is 10.1. The first-order chi connectivity index (χ1) is 10.1. The first-order valence-corrected chi connectivity index (χ1v) is 8.77. The van der Waals surface area contributed by atoms with Gasteiger partial charge in [-0.05, 0) is 36.5 Å². The van der Waals surface area contributed by atoms with Crippen LogP contribution in [0.1, 0.15) is 53.7 Å². The molecule has 1 heterocycles. The van der Waals surface area contributed by atoms with E-state index in [0.29, 0.717) is 5.92 Å². The van der Waals surface area contributed by atoms with Crippen molar-refractivity contribution in [1.82, 2.24) is 10.3 Å². The van der Waals surface area contributed by atoms with Gasteiger partial charge in [-0.15, -0.1) is 11.3 Å². The molecule has 4 heteroatoms. The SMILES string of the molecule is CC(C)c1nc(Cc2ccc(Cl)cc2)sc1CNC1CC1. The van der Waals surface area contributed by atoms with Gasteiger partial charge in [-0.1, -0.05) is 37.6 Å². The second kappa shape index (κ2) is 6.47. The molecule has 2 aromatic rings. The average molecular weight is 321 g/mol. The third-order valence-corrected chi connectivity index (χ3v) is 5.04. The largest absolute Gasteiger partial charge is 0.309 e. The first kappa shape index (κ1) is 15.0. The summed E-state index contributed by atoms with van der Waals surface area (Å²) in [5.41, 5.74) is 2.53. The van der Waals surface area contributed by atoms with Gasteiger partial charge >= 0.3 is 0 Å². The predicted molar refractivity (Wildman–Crippen MR) is 90.3 cm³/mol. The molecule has 1 aromatic carbocycles. The minimum atomic E-state index is 0.483. The molecule has 1 fully saturated rings. The molecule has 1 saturated carbocycles. The maximum Gasteiger partial charge on any atom is 0.0975 e. The van der Waals surface area contributed by atoms with Crippen LogP contribution in [-0.2, 0) is 13.0 Å². The molecule has 112 valence electrons. The van der Waals surface area contributed by atoms with Gasteiger partial charge in [0.15, 0.2) is 0 Å². The second-order valence-corrected chi connectivity index (χ2v) is 7.63. The van der Waals surface area contributed by atoms with Crippen LogP contribution in [0.3, 0.4) is 0 Å². The number of rotatable bonds is 6. The molecule has 0 saturated heterocycles. The molecular weight excluding hydrogens is 300 g/mol. The Balaban J connectivity index is 1.74. The third kappa shape index (κ3) is 4.06. The summed E-state index contributed by atoms with van der Waals surface area (Å²) < 4.78 is 0. The molecule has 2 nitrogen and oxygen atoms in total. The molecule has 1 aliphatic rings. The van der Waals surface area contributed by atoms with Crippen molar-refractivity contribution in [3.63, 3.8) is 0 Å². The molecule has 0 unspecified atom stereocenters. The molecule has 0 spiro atoms. The summed E-state index contributed by atoms with van der Waals surface area (Å²) in [7, 11) is 0. The second-order valence-electron chi connectivity index (χ2n) is 6.03. The number of nitrogens with one attached hydrogen (secondary N) is 1. The van der Waals surface area contributed by atoms with Crippen LogP contribution < -0.4 is 5.32 Å². The lowest BCUT2D eigenvalue weighted by Crippen LogP contribution is -2.15. The highest BCUT2D eigenvalue weighted by Crippen LogP contribution is 2.28. The van der Waals surface area contributed by atoms with Gasteiger partial charge in [0.2, 0.25) is 0 Å². The fraction of sp³-hybridized carbons (Fsp3) is 0.471. The van der Waals surface area contributed by atoms with Crippen molar-refractivity contribution in [2.45, 2.75) is 51.6 Å². The van der Waals surface area contributed by atoms with Gasteiger partial charge in [0.1, 0.15) is 0 Å². The van der Waals surface area contributed by atoms with Gasteiger partial charge in [0, 0.05) is 28.9 Å². The van der Waals surface area contributed by atoms with Crippen molar-refractivity contribution in [2.75, 3.05) is 0 Å². The zero-order chi connectivity index (χ0) is 14.8. The normalized spacial score (nSPS) is 14.9. The van der Waals surface area contributed by atoms with Crippen LogP contribution >= 0.6 is 22.9 Å². The van der Waals surface area contributed by atoms with Crippen molar-refractivity contribution in [3.05, 3.63) is 50.4 Å². The molecule has 0 radical (unpaired) electrons. The molecule has 0 atom stereocenters. The van der Waals surface area contributed by atoms with Gasteiger partial charge in [-0.25, -0.2) is 4.98 Å². The Bertz CT molecular complexity index is 600. The Morgan fingerprint density at radius 3 is 2.62 bits per heavy atom. The lowest BCUT2D eigenvalue weighted by Gasteiger charge is -2.05. The molecule has 21 heavy (non-hydrogen) atoms. The van der Waals surface area contributed by atoms with Gasteiger partial charge in [0.05, 0.1) is 10.7 Å². The molecule has 3 rings (SSSR count). The van der Waals surface area contributed by atoms with E-state index in [9.17, 15) is 0 Å². The Morgan fingerprint density at radius 1 is 1.29 bits per heavy atom. The molecule has 0 aliphatic heterocycles. The minimum absolute atomic E-state index is 0.483. The Hall–Kier alpha value is -0.900. The number of aromatic nitrogens is 1. The molecule has 0 bridgehead atoms. The van der Waals surface area contributed by atoms with E-state index >= 15 is 0 Å². The van der Waals surface area contributed by atoms with Gasteiger partial charge in [0.25, 0.3) is 0 Å². The van der Waals surface area contributed by atoms with E-state index in [2.05, 4.69) is 31.3 Å². The number of hydrogen-bond donors (Lipinski definition) is 1. The van der Waals surface area contributed by atoms with Crippen molar-refractivity contribution in [3.8, 4) is 0 Å². The molecule has 0 amide bonds. The highest BCUT2D eigenvalue weighted by molar-refractivity contribution is 7.11. The highest BCUT2D eigenvalue weighted by atomic mass is 35.5. The quantitative estimate of drug-likeness (QED) is 0.829. The van der Waals surface area contributed by atoms with Crippen molar-refractivity contribution < 1.29 is 0 Å². The summed E-state index contributed by atoms with van der Waals surface area (Å²) >= 11 is 7.79. The number of hydrogen-bond acceptors (Lipinski definition) is 3. The molecule has 1 aromatic heterocycles. The van der Waals surface area contributed by atoms with Crippen LogP contribution in [0, 0.1) is 0 Å². The number of nitrogens with zero attached hydrogens (tertiary/aromatic N) is 1. The summed E-state index contributed by atoms with van der Waals surface area (Å²) in [5.74, 6) is 0.483. The molecule has 1 aliphatic carbocycles. The maximum absolute atomic E-state index is 5.94. The lowest BCUT2D eigenvalue weighted by molar-refractivity contribution is 0.680. The summed E-state index contributed by atoms with van der Waals surface area (Å²) in [6.45, 7) is 5.42. The Kier molecular flexibility index (Phi) is 4.63. The van der Waals surface area contributed by atoms with Crippen LogP contribution in [-0.4, -0.2) is 11.0 Å². The van der Waals surface area contributed by atoms with Crippen LogP contribution in [0.15, 0.2) is 24.3 Å². The van der Waals surface area contributed by atoms with Crippen LogP contribution in [0.2, 0.25) is 5.02 Å². The summed E-state index contributed by atoms with van der Waals surface area (Å²) in [4.78, 5) is 6.27. The van der Waals surface area contributed by atoms with Crippen molar-refractivity contribution in [1.29, 1.82) is 0 Å². The molecular formula is C17H21ClN2S. The van der Waals surface area contributed by atoms with Crippen molar-refractivity contribution in [2.24, 2.45) is 0 Å². The Morgan fingerprint density at radius 2 is 2.00 bits per heavy atom. The number of thiazole rings is 1. The van der Waals surface area contributed by atoms with Gasteiger partial charge in [-0.3, -0.25) is 0 Å². The zero-order valence-electron chi connectivity index (χ0n) is 12.5. The topological polar surface area (TPSA) is 24.9 Å². The van der Waals surface area contributed by atoms with E-state index in [1.54, 1.807) is 0 Å². The van der Waals surface area contributed by atoms with E-state index < -0.39 is 0 Å². The third-order valence-electron chi connectivity index (χ3n) is 3.72. The van der Waals surface area contributed by atoms with Crippen LogP contribution in [0.25, 0.3) is 0 Å². The zero-order valence-corrected chi connectivity index (χ0v) is 14.1. The number of benzene rings is 1. The van der Waals surface area contributed by atoms with E-state index in [1.165, 1.54) is 34.0 Å². The highest BCUT2D eigenvalue weighted by Gasteiger charge is 2.22. The standard InChI is InChI=1S/C17H21ClN2S/c1-11(2)17-15(10-19-14-7-8-14)21-16(20-17)9-12-3-5-13(18)6-4-12/h3-6,11,14,19H,7-10H2,1-2H3. The van der Waals surface area contributed by atoms with Crippen LogP contribution in [0.4, 0.5) is 0 Å². The maximum atomic E-state index is 5.94. The van der Waals surface area contributed by atoms with Gasteiger partial charge in [-0.2, -0.15) is 0 Å². The number of halogens is 1. The van der Waals surface area contributed by atoms with E-state index in [-0.39, 0.29) is 0 Å². The van der Waals surface area contributed by atoms with E-state index in [0.717, 1.165) is 24.0 Å². The summed E-state index contributed by atoms with van der Waals surface area (Å²) in [6.07, 6.45) is 3.55. The van der Waals surface area contributed by atoms with Crippen molar-refractivity contribution >= 4 is 22.9 Å². The monoisotopic (exact) mass is 320 g/mol. The smallest absolute Gasteiger partial charge is 0.0975 e.